The van der Waals surface area contributed by atoms with Crippen LogP contribution in [0.5, 0.6) is 0 Å². The Kier molecular flexibility index (Phi) is 5.73. The molecule has 0 amide bonds. The van der Waals surface area contributed by atoms with E-state index in [0.29, 0.717) is 6.54 Å². The highest BCUT2D eigenvalue weighted by Crippen LogP contribution is 2.21. The summed E-state index contributed by atoms with van der Waals surface area (Å²) in [5.41, 5.74) is 0.833. The maximum absolute atomic E-state index is 10.4. The van der Waals surface area contributed by atoms with E-state index in [0.717, 1.165) is 22.3 Å². The lowest BCUT2D eigenvalue weighted by atomic mass is 10.2. The first-order chi connectivity index (χ1) is 7.58. The quantitative estimate of drug-likeness (QED) is 0.627. The van der Waals surface area contributed by atoms with E-state index in [1.807, 2.05) is 13.0 Å². The Hall–Kier alpha value is -0.650. The number of hydrogen-bond donors (Lipinski definition) is 2. The summed E-state index contributed by atoms with van der Waals surface area (Å²) in [6, 6.07) is 4.13. The van der Waals surface area contributed by atoms with Crippen molar-refractivity contribution in [3.8, 4) is 0 Å². The lowest BCUT2D eigenvalue weighted by molar-refractivity contribution is -0.131. The van der Waals surface area contributed by atoms with Crippen molar-refractivity contribution in [2.45, 2.75) is 13.3 Å². The summed E-state index contributed by atoms with van der Waals surface area (Å²) in [4.78, 5) is 11.7. The molecule has 1 rings (SSSR count). The van der Waals surface area contributed by atoms with E-state index >= 15 is 0 Å². The van der Waals surface area contributed by atoms with Crippen molar-refractivity contribution in [2.24, 2.45) is 0 Å². The number of halogens is 1. The van der Waals surface area contributed by atoms with Gasteiger partial charge in [-0.05, 0) is 41.4 Å². The first-order valence-corrected chi connectivity index (χ1v) is 6.54. The molecule has 1 aromatic heterocycles. The molecule has 0 fully saturated rings. The summed E-state index contributed by atoms with van der Waals surface area (Å²) in [6.45, 7) is 3.29. The summed E-state index contributed by atoms with van der Waals surface area (Å²) in [7, 11) is 0. The van der Waals surface area contributed by atoms with Crippen molar-refractivity contribution < 1.29 is 9.90 Å². The number of carbonyl (C=O) groups is 1. The van der Waals surface area contributed by atoms with E-state index in [-0.39, 0.29) is 0 Å². The van der Waals surface area contributed by atoms with Crippen molar-refractivity contribution in [3.63, 3.8) is 0 Å². The van der Waals surface area contributed by atoms with Crippen LogP contribution in [0.1, 0.15) is 11.8 Å². The lowest BCUT2D eigenvalue weighted by Crippen LogP contribution is -2.19. The minimum absolute atomic E-state index is 0.624. The Morgan fingerprint density at radius 2 is 2.38 bits per heavy atom. The molecule has 1 heterocycles. The van der Waals surface area contributed by atoms with Crippen LogP contribution in [-0.2, 0) is 11.2 Å². The minimum atomic E-state index is -0.888. The standard InChI is InChI=1S/C11H14BrNO2S/c1-8(6-11(14)15)7-13-5-4-9-2-3-10(12)16-9/h2-3,6,13H,4-5,7H2,1H3,(H,14,15)/b8-6-. The molecular weight excluding hydrogens is 290 g/mol. The Morgan fingerprint density at radius 3 is 2.94 bits per heavy atom. The predicted molar refractivity (Wildman–Crippen MR) is 70.0 cm³/mol. The first-order valence-electron chi connectivity index (χ1n) is 4.93. The van der Waals surface area contributed by atoms with Crippen LogP contribution in [0.15, 0.2) is 27.6 Å². The van der Waals surface area contributed by atoms with Gasteiger partial charge in [0.2, 0.25) is 0 Å². The number of thiophene rings is 1. The van der Waals surface area contributed by atoms with Crippen molar-refractivity contribution in [1.29, 1.82) is 0 Å². The zero-order valence-electron chi connectivity index (χ0n) is 9.00. The fourth-order valence-corrected chi connectivity index (χ4v) is 2.73. The van der Waals surface area contributed by atoms with Crippen LogP contribution in [0.3, 0.4) is 0 Å². The largest absolute Gasteiger partial charge is 0.478 e. The Balaban J connectivity index is 2.19. The molecule has 0 radical (unpaired) electrons. The predicted octanol–water partition coefficient (Wildman–Crippen LogP) is 2.67. The van der Waals surface area contributed by atoms with Crippen LogP contribution < -0.4 is 5.32 Å². The third-order valence-corrected chi connectivity index (χ3v) is 3.63. The molecule has 2 N–H and O–H groups in total. The topological polar surface area (TPSA) is 49.3 Å². The Morgan fingerprint density at radius 1 is 1.62 bits per heavy atom. The minimum Gasteiger partial charge on any atom is -0.478 e. The van der Waals surface area contributed by atoms with Gasteiger partial charge in [0.25, 0.3) is 0 Å². The van der Waals surface area contributed by atoms with E-state index in [2.05, 4.69) is 27.3 Å². The van der Waals surface area contributed by atoms with Gasteiger partial charge in [-0.3, -0.25) is 0 Å². The van der Waals surface area contributed by atoms with E-state index in [9.17, 15) is 4.79 Å². The molecule has 3 nitrogen and oxygen atoms in total. The normalized spacial score (nSPS) is 11.8. The molecule has 16 heavy (non-hydrogen) atoms. The lowest BCUT2D eigenvalue weighted by Gasteiger charge is -2.03. The SMILES string of the molecule is C/C(=C/C(=O)O)CNCCc1ccc(Br)s1. The third kappa shape index (κ3) is 5.44. The molecular formula is C11H14BrNO2S. The maximum atomic E-state index is 10.4. The molecule has 0 aliphatic rings. The number of hydrogen-bond acceptors (Lipinski definition) is 3. The van der Waals surface area contributed by atoms with Crippen LogP contribution in [-0.4, -0.2) is 24.2 Å². The van der Waals surface area contributed by atoms with E-state index < -0.39 is 5.97 Å². The smallest absolute Gasteiger partial charge is 0.328 e. The molecule has 0 aromatic carbocycles. The van der Waals surface area contributed by atoms with Gasteiger partial charge in [-0.1, -0.05) is 5.57 Å². The molecule has 0 spiro atoms. The van der Waals surface area contributed by atoms with Crippen LogP contribution in [0.4, 0.5) is 0 Å². The summed E-state index contributed by atoms with van der Waals surface area (Å²) >= 11 is 5.14. The second-order valence-corrected chi connectivity index (χ2v) is 6.01. The summed E-state index contributed by atoms with van der Waals surface area (Å²) in [6.07, 6.45) is 2.20. The van der Waals surface area contributed by atoms with Gasteiger partial charge in [-0.25, -0.2) is 4.79 Å². The number of carboxylic acids is 1. The second kappa shape index (κ2) is 6.83. The van der Waals surface area contributed by atoms with Gasteiger partial charge in [0.15, 0.2) is 0 Å². The van der Waals surface area contributed by atoms with Crippen molar-refractivity contribution in [3.05, 3.63) is 32.4 Å². The molecule has 0 bridgehead atoms. The fraction of sp³-hybridized carbons (Fsp3) is 0.364. The number of rotatable bonds is 6. The van der Waals surface area contributed by atoms with Gasteiger partial charge >= 0.3 is 5.97 Å². The molecule has 0 aliphatic carbocycles. The van der Waals surface area contributed by atoms with Gasteiger partial charge < -0.3 is 10.4 Å². The summed E-state index contributed by atoms with van der Waals surface area (Å²) in [5.74, 6) is -0.888. The average Bonchev–Trinajstić information content (AvgIpc) is 2.58. The molecule has 1 aromatic rings. The van der Waals surface area contributed by atoms with Crippen molar-refractivity contribution in [1.82, 2.24) is 5.32 Å². The Bertz CT molecular complexity index is 387. The highest BCUT2D eigenvalue weighted by atomic mass is 79.9. The van der Waals surface area contributed by atoms with Gasteiger partial charge in [0, 0.05) is 24.0 Å². The molecule has 0 saturated carbocycles. The number of carboxylic acid groups (broad SMARTS) is 1. The fourth-order valence-electron chi connectivity index (χ4n) is 1.25. The number of nitrogens with one attached hydrogen (secondary N) is 1. The second-order valence-electron chi connectivity index (χ2n) is 3.46. The van der Waals surface area contributed by atoms with Crippen LogP contribution in [0.25, 0.3) is 0 Å². The first kappa shape index (κ1) is 13.4. The van der Waals surface area contributed by atoms with Gasteiger partial charge in [-0.15, -0.1) is 11.3 Å². The summed E-state index contributed by atoms with van der Waals surface area (Å²) in [5, 5.41) is 11.7. The maximum Gasteiger partial charge on any atom is 0.328 e. The molecule has 0 saturated heterocycles. The van der Waals surface area contributed by atoms with Crippen molar-refractivity contribution in [2.75, 3.05) is 13.1 Å². The number of aliphatic carboxylic acids is 1. The van der Waals surface area contributed by atoms with Gasteiger partial charge in [-0.2, -0.15) is 0 Å². The highest BCUT2D eigenvalue weighted by Gasteiger charge is 1.98. The van der Waals surface area contributed by atoms with Crippen LogP contribution in [0.2, 0.25) is 0 Å². The van der Waals surface area contributed by atoms with E-state index in [4.69, 9.17) is 5.11 Å². The van der Waals surface area contributed by atoms with Crippen molar-refractivity contribution >= 4 is 33.2 Å². The zero-order chi connectivity index (χ0) is 12.0. The van der Waals surface area contributed by atoms with Crippen LogP contribution in [0, 0.1) is 0 Å². The highest BCUT2D eigenvalue weighted by molar-refractivity contribution is 9.11. The summed E-state index contributed by atoms with van der Waals surface area (Å²) < 4.78 is 1.14. The third-order valence-electron chi connectivity index (χ3n) is 1.95. The average molecular weight is 304 g/mol. The van der Waals surface area contributed by atoms with E-state index in [1.165, 1.54) is 11.0 Å². The van der Waals surface area contributed by atoms with Gasteiger partial charge in [0.05, 0.1) is 3.79 Å². The van der Waals surface area contributed by atoms with E-state index in [1.54, 1.807) is 11.3 Å². The Labute approximate surface area is 107 Å². The van der Waals surface area contributed by atoms with Gasteiger partial charge in [0.1, 0.15) is 0 Å². The molecule has 0 atom stereocenters. The van der Waals surface area contributed by atoms with Crippen LogP contribution >= 0.6 is 27.3 Å². The zero-order valence-corrected chi connectivity index (χ0v) is 11.4. The molecule has 0 aliphatic heterocycles. The molecule has 5 heteroatoms. The monoisotopic (exact) mass is 303 g/mol. The molecule has 88 valence electrons. The molecule has 0 unspecified atom stereocenters.